The predicted octanol–water partition coefficient (Wildman–Crippen LogP) is 3.88. The van der Waals surface area contributed by atoms with Crippen LogP contribution in [0.4, 0.5) is 19.1 Å². The van der Waals surface area contributed by atoms with E-state index in [0.29, 0.717) is 5.92 Å². The summed E-state index contributed by atoms with van der Waals surface area (Å²) in [5.74, 6) is 0.767. The second kappa shape index (κ2) is 5.75. The normalized spacial score (nSPS) is 24.8. The van der Waals surface area contributed by atoms with E-state index in [1.165, 1.54) is 6.42 Å². The number of anilines is 1. The van der Waals surface area contributed by atoms with Crippen molar-refractivity contribution < 1.29 is 13.2 Å². The van der Waals surface area contributed by atoms with Gasteiger partial charge in [0.1, 0.15) is 5.69 Å². The zero-order valence-corrected chi connectivity index (χ0v) is 10.9. The second-order valence-electron chi connectivity index (χ2n) is 5.22. The summed E-state index contributed by atoms with van der Waals surface area (Å²) in [6.07, 6.45) is 2.02. The van der Waals surface area contributed by atoms with E-state index >= 15 is 0 Å². The lowest BCUT2D eigenvalue weighted by molar-refractivity contribution is -0.141. The van der Waals surface area contributed by atoms with E-state index in [2.05, 4.69) is 22.2 Å². The summed E-state index contributed by atoms with van der Waals surface area (Å²) < 4.78 is 37.6. The summed E-state index contributed by atoms with van der Waals surface area (Å²) in [4.78, 5) is 7.41. The molecule has 2 rings (SSSR count). The van der Waals surface area contributed by atoms with Crippen molar-refractivity contribution >= 4 is 5.95 Å². The van der Waals surface area contributed by atoms with Crippen LogP contribution < -0.4 is 5.32 Å². The third-order valence-corrected chi connectivity index (χ3v) is 3.54. The van der Waals surface area contributed by atoms with Crippen molar-refractivity contribution in [2.45, 2.75) is 51.2 Å². The quantitative estimate of drug-likeness (QED) is 0.831. The van der Waals surface area contributed by atoms with Gasteiger partial charge in [-0.05, 0) is 31.2 Å². The van der Waals surface area contributed by atoms with Gasteiger partial charge in [-0.25, -0.2) is 9.97 Å². The maximum Gasteiger partial charge on any atom is 0.433 e. The van der Waals surface area contributed by atoms with Gasteiger partial charge in [0.15, 0.2) is 0 Å². The molecule has 19 heavy (non-hydrogen) atoms. The molecule has 0 amide bonds. The maximum atomic E-state index is 12.5. The molecule has 1 fully saturated rings. The standard InChI is InChI=1S/C13H18F3N3/c1-9-3-2-4-10(6-5-9)18-12-17-8-7-11(19-12)13(14,15)16/h7-10H,2-6H2,1H3,(H,17,18,19). The van der Waals surface area contributed by atoms with Gasteiger partial charge in [-0.3, -0.25) is 0 Å². The molecule has 1 aromatic rings. The van der Waals surface area contributed by atoms with Crippen molar-refractivity contribution in [3.8, 4) is 0 Å². The molecule has 6 heteroatoms. The Kier molecular flexibility index (Phi) is 4.27. The first-order valence-electron chi connectivity index (χ1n) is 6.62. The highest BCUT2D eigenvalue weighted by atomic mass is 19.4. The highest BCUT2D eigenvalue weighted by Crippen LogP contribution is 2.28. The number of hydrogen-bond donors (Lipinski definition) is 1. The number of nitrogens with zero attached hydrogens (tertiary/aromatic N) is 2. The van der Waals surface area contributed by atoms with E-state index in [9.17, 15) is 13.2 Å². The monoisotopic (exact) mass is 273 g/mol. The Bertz CT molecular complexity index is 420. The molecule has 0 aromatic carbocycles. The molecule has 0 aliphatic heterocycles. The molecule has 3 nitrogen and oxygen atoms in total. The van der Waals surface area contributed by atoms with Gasteiger partial charge in [0.05, 0.1) is 0 Å². The molecule has 0 bridgehead atoms. The van der Waals surface area contributed by atoms with Gasteiger partial charge in [-0.15, -0.1) is 0 Å². The van der Waals surface area contributed by atoms with E-state index in [0.717, 1.165) is 37.9 Å². The van der Waals surface area contributed by atoms with E-state index in [-0.39, 0.29) is 12.0 Å². The molecule has 1 aromatic heterocycles. The number of alkyl halides is 3. The number of nitrogens with one attached hydrogen (secondary N) is 1. The van der Waals surface area contributed by atoms with Crippen LogP contribution in [0.1, 0.15) is 44.7 Å². The Morgan fingerprint density at radius 2 is 2.00 bits per heavy atom. The Hall–Kier alpha value is -1.33. The molecule has 0 radical (unpaired) electrons. The lowest BCUT2D eigenvalue weighted by Crippen LogP contribution is -2.21. The molecule has 1 saturated carbocycles. The number of hydrogen-bond acceptors (Lipinski definition) is 3. The Morgan fingerprint density at radius 3 is 2.74 bits per heavy atom. The van der Waals surface area contributed by atoms with Crippen molar-refractivity contribution in [3.63, 3.8) is 0 Å². The van der Waals surface area contributed by atoms with E-state index in [4.69, 9.17) is 0 Å². The average molecular weight is 273 g/mol. The Balaban J connectivity index is 2.02. The minimum Gasteiger partial charge on any atom is -0.351 e. The number of aromatic nitrogens is 2. The summed E-state index contributed by atoms with van der Waals surface area (Å²) in [6, 6.07) is 1.06. The van der Waals surface area contributed by atoms with Gasteiger partial charge in [0.2, 0.25) is 5.95 Å². The van der Waals surface area contributed by atoms with Gasteiger partial charge in [-0.1, -0.05) is 19.8 Å². The van der Waals surface area contributed by atoms with Crippen LogP contribution in [0.5, 0.6) is 0 Å². The lowest BCUT2D eigenvalue weighted by Gasteiger charge is -2.17. The molecule has 0 saturated heterocycles. The van der Waals surface area contributed by atoms with Crippen LogP contribution in [0.3, 0.4) is 0 Å². The van der Waals surface area contributed by atoms with Gasteiger partial charge in [-0.2, -0.15) is 13.2 Å². The minimum atomic E-state index is -4.42. The van der Waals surface area contributed by atoms with Crippen molar-refractivity contribution in [1.29, 1.82) is 0 Å². The summed E-state index contributed by atoms with van der Waals surface area (Å²) in [7, 11) is 0. The van der Waals surface area contributed by atoms with Gasteiger partial charge in [0, 0.05) is 12.2 Å². The molecule has 106 valence electrons. The van der Waals surface area contributed by atoms with E-state index in [1.54, 1.807) is 0 Å². The zero-order valence-electron chi connectivity index (χ0n) is 10.9. The molecule has 2 atom stereocenters. The van der Waals surface area contributed by atoms with Crippen LogP contribution in [0.15, 0.2) is 12.3 Å². The fraction of sp³-hybridized carbons (Fsp3) is 0.692. The lowest BCUT2D eigenvalue weighted by atomic mass is 10.0. The van der Waals surface area contributed by atoms with Crippen molar-refractivity contribution in [3.05, 3.63) is 18.0 Å². The van der Waals surface area contributed by atoms with Crippen LogP contribution in [-0.4, -0.2) is 16.0 Å². The largest absolute Gasteiger partial charge is 0.433 e. The first-order chi connectivity index (χ1) is 8.95. The zero-order chi connectivity index (χ0) is 13.9. The molecular weight excluding hydrogens is 255 g/mol. The molecule has 1 aliphatic rings. The van der Waals surface area contributed by atoms with E-state index in [1.807, 2.05) is 0 Å². The molecule has 2 unspecified atom stereocenters. The SMILES string of the molecule is CC1CCCC(Nc2nccc(C(F)(F)F)n2)CC1. The average Bonchev–Trinajstić information content (AvgIpc) is 2.54. The van der Waals surface area contributed by atoms with Crippen LogP contribution in [0.25, 0.3) is 0 Å². The van der Waals surface area contributed by atoms with Crippen LogP contribution in [-0.2, 0) is 6.18 Å². The van der Waals surface area contributed by atoms with Gasteiger partial charge in [0.25, 0.3) is 0 Å². The second-order valence-corrected chi connectivity index (χ2v) is 5.22. The summed E-state index contributed by atoms with van der Waals surface area (Å²) >= 11 is 0. The van der Waals surface area contributed by atoms with E-state index < -0.39 is 11.9 Å². The molecule has 1 aliphatic carbocycles. The first kappa shape index (κ1) is 14.1. The molecule has 0 spiro atoms. The first-order valence-corrected chi connectivity index (χ1v) is 6.62. The smallest absolute Gasteiger partial charge is 0.351 e. The highest BCUT2D eigenvalue weighted by molar-refractivity contribution is 5.27. The molecule has 1 heterocycles. The maximum absolute atomic E-state index is 12.5. The highest BCUT2D eigenvalue weighted by Gasteiger charge is 2.33. The van der Waals surface area contributed by atoms with Crippen molar-refractivity contribution in [1.82, 2.24) is 9.97 Å². The van der Waals surface area contributed by atoms with Crippen molar-refractivity contribution in [2.75, 3.05) is 5.32 Å². The summed E-state index contributed by atoms with van der Waals surface area (Å²) in [5, 5.41) is 3.03. The third kappa shape index (κ3) is 4.08. The topological polar surface area (TPSA) is 37.8 Å². The summed E-state index contributed by atoms with van der Waals surface area (Å²) in [6.45, 7) is 2.21. The van der Waals surface area contributed by atoms with Crippen LogP contribution >= 0.6 is 0 Å². The number of rotatable bonds is 2. The predicted molar refractivity (Wildman–Crippen MR) is 66.7 cm³/mol. The summed E-state index contributed by atoms with van der Waals surface area (Å²) in [5.41, 5.74) is -0.896. The van der Waals surface area contributed by atoms with Crippen LogP contribution in [0, 0.1) is 5.92 Å². The van der Waals surface area contributed by atoms with Crippen LogP contribution in [0.2, 0.25) is 0 Å². The minimum absolute atomic E-state index is 0.0781. The third-order valence-electron chi connectivity index (χ3n) is 3.54. The fourth-order valence-electron chi connectivity index (χ4n) is 2.40. The number of halogens is 3. The molecule has 1 N–H and O–H groups in total. The van der Waals surface area contributed by atoms with Gasteiger partial charge < -0.3 is 5.32 Å². The van der Waals surface area contributed by atoms with Crippen molar-refractivity contribution in [2.24, 2.45) is 5.92 Å². The Morgan fingerprint density at radius 1 is 1.21 bits per heavy atom. The fourth-order valence-corrected chi connectivity index (χ4v) is 2.40. The van der Waals surface area contributed by atoms with Gasteiger partial charge >= 0.3 is 6.18 Å². The Labute approximate surface area is 110 Å². The molecular formula is C13H18F3N3.